The van der Waals surface area contributed by atoms with Gasteiger partial charge in [0.15, 0.2) is 0 Å². The van der Waals surface area contributed by atoms with Crippen LogP contribution in [0.1, 0.15) is 51.9 Å². The minimum atomic E-state index is 0.341. The van der Waals surface area contributed by atoms with Gasteiger partial charge in [0.25, 0.3) is 0 Å². The van der Waals surface area contributed by atoms with Crippen molar-refractivity contribution in [2.24, 2.45) is 11.8 Å². The zero-order chi connectivity index (χ0) is 10.9. The highest BCUT2D eigenvalue weighted by molar-refractivity contribution is 4.72. The lowest BCUT2D eigenvalue weighted by atomic mass is 9.93. The molecule has 0 bridgehead atoms. The van der Waals surface area contributed by atoms with Crippen LogP contribution in [0.25, 0.3) is 0 Å². The lowest BCUT2D eigenvalue weighted by Gasteiger charge is -2.21. The molecule has 1 unspecified atom stereocenters. The Morgan fingerprint density at radius 1 is 1.27 bits per heavy atom. The molecule has 1 fully saturated rings. The SMILES string of the molecule is CCOCC(CC1CCCCCC1)NN. The van der Waals surface area contributed by atoms with Crippen LogP contribution in [0.3, 0.4) is 0 Å². The Labute approximate surface area is 93.7 Å². The monoisotopic (exact) mass is 214 g/mol. The molecule has 15 heavy (non-hydrogen) atoms. The van der Waals surface area contributed by atoms with Crippen LogP contribution >= 0.6 is 0 Å². The summed E-state index contributed by atoms with van der Waals surface area (Å²) in [5.41, 5.74) is 2.88. The van der Waals surface area contributed by atoms with Crippen LogP contribution in [-0.2, 0) is 4.74 Å². The van der Waals surface area contributed by atoms with Gasteiger partial charge in [0, 0.05) is 12.6 Å². The van der Waals surface area contributed by atoms with Crippen molar-refractivity contribution in [3.63, 3.8) is 0 Å². The molecule has 1 atom stereocenters. The highest BCUT2D eigenvalue weighted by Crippen LogP contribution is 2.26. The summed E-state index contributed by atoms with van der Waals surface area (Å²) in [6, 6.07) is 0.341. The second kappa shape index (κ2) is 8.08. The molecule has 0 aromatic rings. The molecule has 0 heterocycles. The minimum absolute atomic E-state index is 0.341. The fraction of sp³-hybridized carbons (Fsp3) is 1.00. The summed E-state index contributed by atoms with van der Waals surface area (Å²) in [7, 11) is 0. The van der Waals surface area contributed by atoms with Crippen molar-refractivity contribution in [1.29, 1.82) is 0 Å². The summed E-state index contributed by atoms with van der Waals surface area (Å²) in [5, 5.41) is 0. The van der Waals surface area contributed by atoms with Crippen molar-refractivity contribution in [3.05, 3.63) is 0 Å². The Hall–Kier alpha value is -0.120. The molecule has 1 rings (SSSR count). The van der Waals surface area contributed by atoms with E-state index in [1.165, 1.54) is 44.9 Å². The molecule has 90 valence electrons. The molecule has 0 saturated heterocycles. The maximum atomic E-state index is 5.54. The lowest BCUT2D eigenvalue weighted by molar-refractivity contribution is 0.113. The van der Waals surface area contributed by atoms with Crippen LogP contribution in [0.4, 0.5) is 0 Å². The fourth-order valence-corrected chi connectivity index (χ4v) is 2.45. The van der Waals surface area contributed by atoms with Gasteiger partial charge in [-0.15, -0.1) is 0 Å². The number of ether oxygens (including phenoxy) is 1. The quantitative estimate of drug-likeness (QED) is 0.405. The van der Waals surface area contributed by atoms with Crippen LogP contribution in [-0.4, -0.2) is 19.3 Å². The molecular weight excluding hydrogens is 188 g/mol. The third-order valence-corrected chi connectivity index (χ3v) is 3.35. The van der Waals surface area contributed by atoms with Gasteiger partial charge in [-0.05, 0) is 19.3 Å². The predicted octanol–water partition coefficient (Wildman–Crippen LogP) is 2.22. The van der Waals surface area contributed by atoms with Crippen molar-refractivity contribution in [3.8, 4) is 0 Å². The van der Waals surface area contributed by atoms with E-state index < -0.39 is 0 Å². The molecule has 1 aliphatic carbocycles. The molecule has 1 aliphatic rings. The number of rotatable bonds is 6. The zero-order valence-corrected chi connectivity index (χ0v) is 10.0. The number of hydrogen-bond acceptors (Lipinski definition) is 3. The van der Waals surface area contributed by atoms with Crippen molar-refractivity contribution >= 4 is 0 Å². The number of hydrazine groups is 1. The molecule has 0 radical (unpaired) electrons. The van der Waals surface area contributed by atoms with Gasteiger partial charge in [0.05, 0.1) is 6.61 Å². The molecule has 0 aliphatic heterocycles. The van der Waals surface area contributed by atoms with E-state index in [0.29, 0.717) is 6.04 Å². The van der Waals surface area contributed by atoms with Crippen molar-refractivity contribution < 1.29 is 4.74 Å². The second-order valence-corrected chi connectivity index (χ2v) is 4.62. The fourth-order valence-electron chi connectivity index (χ4n) is 2.45. The van der Waals surface area contributed by atoms with Gasteiger partial charge < -0.3 is 4.74 Å². The van der Waals surface area contributed by atoms with Gasteiger partial charge >= 0.3 is 0 Å². The summed E-state index contributed by atoms with van der Waals surface area (Å²) in [5.74, 6) is 6.40. The largest absolute Gasteiger partial charge is 0.380 e. The topological polar surface area (TPSA) is 47.3 Å². The maximum Gasteiger partial charge on any atom is 0.0633 e. The Morgan fingerprint density at radius 3 is 2.47 bits per heavy atom. The molecule has 1 saturated carbocycles. The number of nitrogens with two attached hydrogens (primary N) is 1. The van der Waals surface area contributed by atoms with Gasteiger partial charge in [0.2, 0.25) is 0 Å². The molecule has 0 aromatic carbocycles. The van der Waals surface area contributed by atoms with Gasteiger partial charge in [-0.25, -0.2) is 0 Å². The summed E-state index contributed by atoms with van der Waals surface area (Å²) in [6.07, 6.45) is 9.57. The van der Waals surface area contributed by atoms with Gasteiger partial charge in [-0.2, -0.15) is 0 Å². The van der Waals surface area contributed by atoms with Gasteiger partial charge in [-0.1, -0.05) is 38.5 Å². The average molecular weight is 214 g/mol. The van der Waals surface area contributed by atoms with E-state index in [0.717, 1.165) is 19.1 Å². The maximum absolute atomic E-state index is 5.54. The third-order valence-electron chi connectivity index (χ3n) is 3.35. The molecule has 0 amide bonds. The van der Waals surface area contributed by atoms with E-state index in [4.69, 9.17) is 10.6 Å². The molecule has 3 heteroatoms. The Morgan fingerprint density at radius 2 is 1.93 bits per heavy atom. The summed E-state index contributed by atoms with van der Waals surface area (Å²) >= 11 is 0. The molecule has 3 nitrogen and oxygen atoms in total. The normalized spacial score (nSPS) is 21.2. The van der Waals surface area contributed by atoms with Crippen LogP contribution in [0.15, 0.2) is 0 Å². The molecular formula is C12H26N2O. The molecule has 3 N–H and O–H groups in total. The van der Waals surface area contributed by atoms with Crippen molar-refractivity contribution in [1.82, 2.24) is 5.43 Å². The van der Waals surface area contributed by atoms with Crippen LogP contribution < -0.4 is 11.3 Å². The van der Waals surface area contributed by atoms with E-state index in [-0.39, 0.29) is 0 Å². The van der Waals surface area contributed by atoms with Crippen LogP contribution in [0, 0.1) is 5.92 Å². The van der Waals surface area contributed by atoms with E-state index >= 15 is 0 Å². The minimum Gasteiger partial charge on any atom is -0.380 e. The first-order chi connectivity index (χ1) is 7.36. The zero-order valence-electron chi connectivity index (χ0n) is 10.0. The summed E-state index contributed by atoms with van der Waals surface area (Å²) in [6.45, 7) is 3.56. The van der Waals surface area contributed by atoms with Crippen molar-refractivity contribution in [2.45, 2.75) is 57.9 Å². The van der Waals surface area contributed by atoms with E-state index in [1.807, 2.05) is 6.92 Å². The van der Waals surface area contributed by atoms with E-state index in [2.05, 4.69) is 5.43 Å². The molecule has 0 aromatic heterocycles. The van der Waals surface area contributed by atoms with Gasteiger partial charge in [-0.3, -0.25) is 11.3 Å². The Bertz CT molecular complexity index is 145. The first-order valence-corrected chi connectivity index (χ1v) is 6.40. The Kier molecular flexibility index (Phi) is 6.98. The third kappa shape index (κ3) is 5.50. The molecule has 0 spiro atoms. The predicted molar refractivity (Wildman–Crippen MR) is 63.4 cm³/mol. The van der Waals surface area contributed by atoms with Crippen LogP contribution in [0.5, 0.6) is 0 Å². The highest BCUT2D eigenvalue weighted by atomic mass is 16.5. The van der Waals surface area contributed by atoms with E-state index in [1.54, 1.807) is 0 Å². The Balaban J connectivity index is 2.22. The average Bonchev–Trinajstić information content (AvgIpc) is 2.52. The van der Waals surface area contributed by atoms with Gasteiger partial charge in [0.1, 0.15) is 0 Å². The van der Waals surface area contributed by atoms with E-state index in [9.17, 15) is 0 Å². The summed E-state index contributed by atoms with van der Waals surface area (Å²) in [4.78, 5) is 0. The smallest absolute Gasteiger partial charge is 0.0633 e. The number of hydrogen-bond donors (Lipinski definition) is 2. The second-order valence-electron chi connectivity index (χ2n) is 4.62. The lowest BCUT2D eigenvalue weighted by Crippen LogP contribution is -2.40. The first kappa shape index (κ1) is 12.9. The van der Waals surface area contributed by atoms with Crippen molar-refractivity contribution in [2.75, 3.05) is 13.2 Å². The summed E-state index contributed by atoms with van der Waals surface area (Å²) < 4.78 is 5.42. The number of nitrogens with one attached hydrogen (secondary N) is 1. The standard InChI is InChI=1S/C12H26N2O/c1-2-15-10-12(14-13)9-11-7-5-3-4-6-8-11/h11-12,14H,2-10,13H2,1H3. The van der Waals surface area contributed by atoms with Crippen LogP contribution in [0.2, 0.25) is 0 Å². The first-order valence-electron chi connectivity index (χ1n) is 6.40. The highest BCUT2D eigenvalue weighted by Gasteiger charge is 2.17.